The van der Waals surface area contributed by atoms with Gasteiger partial charge in [-0.1, -0.05) is 0 Å². The summed E-state index contributed by atoms with van der Waals surface area (Å²) in [5.41, 5.74) is -0.0810. The summed E-state index contributed by atoms with van der Waals surface area (Å²) in [5.74, 6) is -0.465. The van der Waals surface area contributed by atoms with Crippen LogP contribution in [-0.2, 0) is 4.74 Å². The van der Waals surface area contributed by atoms with Gasteiger partial charge in [0.05, 0.1) is 18.6 Å². The quantitative estimate of drug-likeness (QED) is 0.744. The molecule has 18 heavy (non-hydrogen) atoms. The van der Waals surface area contributed by atoms with Gasteiger partial charge in [0.2, 0.25) is 0 Å². The van der Waals surface area contributed by atoms with Crippen LogP contribution in [0.5, 0.6) is 5.75 Å². The molecule has 0 spiro atoms. The third kappa shape index (κ3) is 3.67. The summed E-state index contributed by atoms with van der Waals surface area (Å²) in [6.45, 7) is -0.0155. The van der Waals surface area contributed by atoms with Crippen molar-refractivity contribution in [2.75, 3.05) is 13.9 Å². The molecular formula is C12H14FNO4. The lowest BCUT2D eigenvalue weighted by atomic mass is 10.0. The molecule has 0 radical (unpaired) electrons. The highest BCUT2D eigenvalue weighted by Gasteiger charge is 2.21. The van der Waals surface area contributed by atoms with Crippen LogP contribution in [0.15, 0.2) is 18.2 Å². The minimum Gasteiger partial charge on any atom is -0.467 e. The Morgan fingerprint density at radius 2 is 2.17 bits per heavy atom. The van der Waals surface area contributed by atoms with Crippen molar-refractivity contribution in [1.29, 1.82) is 5.26 Å². The van der Waals surface area contributed by atoms with Crippen LogP contribution in [0.1, 0.15) is 18.1 Å². The molecule has 98 valence electrons. The highest BCUT2D eigenvalue weighted by Crippen LogP contribution is 2.25. The average Bonchev–Trinajstić information content (AvgIpc) is 2.36. The third-order valence-corrected chi connectivity index (χ3v) is 2.30. The molecule has 5 nitrogen and oxygen atoms in total. The Morgan fingerprint density at radius 3 is 2.72 bits per heavy atom. The van der Waals surface area contributed by atoms with Gasteiger partial charge in [0.1, 0.15) is 17.7 Å². The fraction of sp³-hybridized carbons (Fsp3) is 0.417. The van der Waals surface area contributed by atoms with Crippen LogP contribution in [0.3, 0.4) is 0 Å². The normalized spacial score (nSPS) is 13.7. The summed E-state index contributed by atoms with van der Waals surface area (Å²) in [7, 11) is 1.44. The summed E-state index contributed by atoms with van der Waals surface area (Å²) in [6, 6.07) is 5.52. The van der Waals surface area contributed by atoms with Crippen LogP contribution < -0.4 is 4.74 Å². The Balaban J connectivity index is 2.81. The molecule has 2 N–H and O–H groups in total. The number of benzene rings is 1. The zero-order valence-corrected chi connectivity index (χ0v) is 9.84. The van der Waals surface area contributed by atoms with Crippen molar-refractivity contribution in [3.8, 4) is 11.8 Å². The zero-order chi connectivity index (χ0) is 13.5. The smallest absolute Gasteiger partial charge is 0.188 e. The lowest BCUT2D eigenvalue weighted by Crippen LogP contribution is -2.18. The van der Waals surface area contributed by atoms with Crippen LogP contribution in [0.2, 0.25) is 0 Å². The number of aliphatic hydroxyl groups is 2. The van der Waals surface area contributed by atoms with Gasteiger partial charge in [0.25, 0.3) is 0 Å². The number of hydrogen-bond acceptors (Lipinski definition) is 5. The van der Waals surface area contributed by atoms with Gasteiger partial charge in [-0.05, 0) is 12.1 Å². The van der Waals surface area contributed by atoms with E-state index >= 15 is 0 Å². The zero-order valence-electron chi connectivity index (χ0n) is 9.84. The van der Waals surface area contributed by atoms with Crippen LogP contribution in [0.4, 0.5) is 4.39 Å². The molecule has 1 aromatic carbocycles. The number of methoxy groups -OCH3 is 1. The van der Waals surface area contributed by atoms with Crippen molar-refractivity contribution < 1.29 is 24.1 Å². The molecule has 0 aliphatic rings. The topological polar surface area (TPSA) is 82.7 Å². The van der Waals surface area contributed by atoms with E-state index in [1.807, 2.05) is 0 Å². The standard InChI is InChI=1S/C12H14FNO4/c1-17-7-18-8-2-3-9(10(13)6-8)12(16)11(15)4-5-14/h2-3,6,11-12,15-16H,4,7H2,1H3. The van der Waals surface area contributed by atoms with E-state index in [9.17, 15) is 14.6 Å². The first kappa shape index (κ1) is 14.4. The third-order valence-electron chi connectivity index (χ3n) is 2.30. The summed E-state index contributed by atoms with van der Waals surface area (Å²) in [6.07, 6.45) is -3.04. The van der Waals surface area contributed by atoms with E-state index < -0.39 is 18.0 Å². The number of nitriles is 1. The number of rotatable bonds is 6. The van der Waals surface area contributed by atoms with Gasteiger partial charge in [-0.15, -0.1) is 0 Å². The van der Waals surface area contributed by atoms with Gasteiger partial charge in [-0.3, -0.25) is 0 Å². The van der Waals surface area contributed by atoms with Crippen LogP contribution in [0, 0.1) is 17.1 Å². The van der Waals surface area contributed by atoms with Crippen molar-refractivity contribution in [3.63, 3.8) is 0 Å². The van der Waals surface area contributed by atoms with Crippen LogP contribution in [0.25, 0.3) is 0 Å². The number of halogens is 1. The largest absolute Gasteiger partial charge is 0.467 e. The molecule has 0 saturated heterocycles. The molecule has 0 fully saturated rings. The van der Waals surface area contributed by atoms with E-state index in [2.05, 4.69) is 4.74 Å². The van der Waals surface area contributed by atoms with Crippen molar-refractivity contribution in [2.45, 2.75) is 18.6 Å². The van der Waals surface area contributed by atoms with Crippen molar-refractivity contribution in [1.82, 2.24) is 0 Å². The van der Waals surface area contributed by atoms with E-state index in [4.69, 9.17) is 10.00 Å². The number of aliphatic hydroxyl groups excluding tert-OH is 2. The van der Waals surface area contributed by atoms with Gasteiger partial charge in [0.15, 0.2) is 6.79 Å². The Hall–Kier alpha value is -1.68. The second kappa shape index (κ2) is 6.91. The molecule has 0 bridgehead atoms. The predicted octanol–water partition coefficient (Wildman–Crippen LogP) is 1.12. The number of hydrogen-bond donors (Lipinski definition) is 2. The first-order chi connectivity index (χ1) is 8.60. The molecule has 1 aromatic rings. The summed E-state index contributed by atoms with van der Waals surface area (Å²) < 4.78 is 23.3. The summed E-state index contributed by atoms with van der Waals surface area (Å²) in [4.78, 5) is 0. The highest BCUT2D eigenvalue weighted by atomic mass is 19.1. The van der Waals surface area contributed by atoms with Crippen LogP contribution >= 0.6 is 0 Å². The summed E-state index contributed by atoms with van der Waals surface area (Å²) in [5, 5.41) is 27.5. The molecule has 0 aromatic heterocycles. The van der Waals surface area contributed by atoms with Gasteiger partial charge < -0.3 is 19.7 Å². The van der Waals surface area contributed by atoms with Gasteiger partial charge >= 0.3 is 0 Å². The van der Waals surface area contributed by atoms with Crippen molar-refractivity contribution >= 4 is 0 Å². The van der Waals surface area contributed by atoms with Gasteiger partial charge in [0, 0.05) is 18.7 Å². The predicted molar refractivity (Wildman–Crippen MR) is 60.1 cm³/mol. The lowest BCUT2D eigenvalue weighted by Gasteiger charge is -2.16. The Bertz CT molecular complexity index is 433. The lowest BCUT2D eigenvalue weighted by molar-refractivity contribution is 0.0192. The first-order valence-corrected chi connectivity index (χ1v) is 5.24. The maximum atomic E-state index is 13.7. The molecule has 6 heteroatoms. The second-order valence-corrected chi connectivity index (χ2v) is 3.61. The van der Waals surface area contributed by atoms with E-state index in [0.717, 1.165) is 6.07 Å². The maximum Gasteiger partial charge on any atom is 0.188 e. The van der Waals surface area contributed by atoms with Gasteiger partial charge in [-0.2, -0.15) is 5.26 Å². The molecule has 2 unspecified atom stereocenters. The molecule has 0 aliphatic heterocycles. The Morgan fingerprint density at radius 1 is 1.44 bits per heavy atom. The summed E-state index contributed by atoms with van der Waals surface area (Å²) >= 11 is 0. The fourth-order valence-electron chi connectivity index (χ4n) is 1.38. The Kier molecular flexibility index (Phi) is 5.52. The fourth-order valence-corrected chi connectivity index (χ4v) is 1.38. The van der Waals surface area contributed by atoms with E-state index in [-0.39, 0.29) is 24.5 Å². The SMILES string of the molecule is COCOc1ccc(C(O)C(O)CC#N)c(F)c1. The Labute approximate surface area is 104 Å². The van der Waals surface area contributed by atoms with E-state index in [0.29, 0.717) is 0 Å². The van der Waals surface area contributed by atoms with E-state index in [1.54, 1.807) is 6.07 Å². The molecule has 0 aliphatic carbocycles. The maximum absolute atomic E-state index is 13.7. The monoisotopic (exact) mass is 255 g/mol. The van der Waals surface area contributed by atoms with Gasteiger partial charge in [-0.25, -0.2) is 4.39 Å². The first-order valence-electron chi connectivity index (χ1n) is 5.24. The number of ether oxygens (including phenoxy) is 2. The minimum absolute atomic E-state index is 0.0155. The highest BCUT2D eigenvalue weighted by molar-refractivity contribution is 5.30. The average molecular weight is 255 g/mol. The molecule has 0 heterocycles. The minimum atomic E-state index is -1.44. The molecule has 0 saturated carbocycles. The molecule has 1 rings (SSSR count). The number of nitrogens with zero attached hydrogens (tertiary/aromatic N) is 1. The van der Waals surface area contributed by atoms with E-state index in [1.165, 1.54) is 19.2 Å². The van der Waals surface area contributed by atoms with Crippen LogP contribution in [-0.4, -0.2) is 30.2 Å². The molecular weight excluding hydrogens is 241 g/mol. The molecule has 2 atom stereocenters. The van der Waals surface area contributed by atoms with Crippen molar-refractivity contribution in [2.24, 2.45) is 0 Å². The second-order valence-electron chi connectivity index (χ2n) is 3.61. The van der Waals surface area contributed by atoms with Crippen molar-refractivity contribution in [3.05, 3.63) is 29.6 Å². The molecule has 0 amide bonds.